The summed E-state index contributed by atoms with van der Waals surface area (Å²) in [4.78, 5) is 20.6. The van der Waals surface area contributed by atoms with Gasteiger partial charge in [-0.2, -0.15) is 4.98 Å². The molecule has 1 aromatic heterocycles. The van der Waals surface area contributed by atoms with E-state index in [2.05, 4.69) is 27.5 Å². The van der Waals surface area contributed by atoms with Crippen LogP contribution in [0.25, 0.3) is 0 Å². The van der Waals surface area contributed by atoms with Gasteiger partial charge in [-0.1, -0.05) is 6.92 Å². The number of carbonyl (C=O) groups is 1. The van der Waals surface area contributed by atoms with Crippen molar-refractivity contribution in [2.45, 2.75) is 69.6 Å². The lowest BCUT2D eigenvalue weighted by Crippen LogP contribution is -2.36. The molecule has 25 heavy (non-hydrogen) atoms. The highest BCUT2D eigenvalue weighted by Gasteiger charge is 2.54. The van der Waals surface area contributed by atoms with Gasteiger partial charge in [-0.3, -0.25) is 4.79 Å². The summed E-state index contributed by atoms with van der Waals surface area (Å²) < 4.78 is 0. The molecule has 136 valence electrons. The fourth-order valence-electron chi connectivity index (χ4n) is 3.98. The van der Waals surface area contributed by atoms with Crippen molar-refractivity contribution < 1.29 is 9.90 Å². The molecule has 3 fully saturated rings. The van der Waals surface area contributed by atoms with Gasteiger partial charge in [-0.05, 0) is 56.8 Å². The number of hydrogen-bond acceptors (Lipinski definition) is 6. The van der Waals surface area contributed by atoms with Crippen molar-refractivity contribution in [2.75, 3.05) is 10.6 Å². The molecule has 3 aliphatic rings. The maximum Gasteiger partial charge on any atom is 0.254 e. The summed E-state index contributed by atoms with van der Waals surface area (Å²) in [5.74, 6) is 1.54. The van der Waals surface area contributed by atoms with Crippen LogP contribution in [-0.4, -0.2) is 38.7 Å². The van der Waals surface area contributed by atoms with Crippen LogP contribution in [0.5, 0.6) is 0 Å². The average Bonchev–Trinajstić information content (AvgIpc) is 3.44. The number of primary amides is 1. The van der Waals surface area contributed by atoms with E-state index in [1.807, 2.05) is 0 Å². The third-order valence-electron chi connectivity index (χ3n) is 6.06. The Morgan fingerprint density at radius 2 is 2.08 bits per heavy atom. The first-order valence-electron chi connectivity index (χ1n) is 9.36. The second-order valence-electron chi connectivity index (χ2n) is 8.07. The Balaban J connectivity index is 1.52. The molecular formula is C18H27N5O2. The highest BCUT2D eigenvalue weighted by molar-refractivity contribution is 5.97. The first-order chi connectivity index (χ1) is 12.0. The number of rotatable bonds is 6. The van der Waals surface area contributed by atoms with Crippen LogP contribution in [0.4, 0.5) is 11.8 Å². The van der Waals surface area contributed by atoms with Gasteiger partial charge >= 0.3 is 0 Å². The molecule has 3 aliphatic carbocycles. The number of nitrogens with two attached hydrogens (primary N) is 1. The molecule has 0 aromatic carbocycles. The minimum Gasteiger partial charge on any atom is -0.393 e. The molecule has 1 amide bonds. The van der Waals surface area contributed by atoms with Crippen LogP contribution >= 0.6 is 0 Å². The Hall–Kier alpha value is -1.89. The van der Waals surface area contributed by atoms with E-state index in [9.17, 15) is 9.90 Å². The number of nitrogens with zero attached hydrogens (tertiary/aromatic N) is 2. The van der Waals surface area contributed by atoms with E-state index in [4.69, 9.17) is 5.73 Å². The first-order valence-corrected chi connectivity index (χ1v) is 9.36. The zero-order chi connectivity index (χ0) is 17.6. The third-order valence-corrected chi connectivity index (χ3v) is 6.06. The van der Waals surface area contributed by atoms with Crippen LogP contribution < -0.4 is 16.4 Å². The lowest BCUT2D eigenvalue weighted by molar-refractivity contribution is 0.0739. The maximum atomic E-state index is 11.7. The molecule has 4 rings (SSSR count). The van der Waals surface area contributed by atoms with Gasteiger partial charge in [-0.25, -0.2) is 4.98 Å². The van der Waals surface area contributed by atoms with Crippen molar-refractivity contribution in [3.63, 3.8) is 0 Å². The number of aromatic nitrogens is 2. The number of hydrogen-bond donors (Lipinski definition) is 4. The SMILES string of the molecule is C[C@@H]1CCC(Nc2nc(NC3(C4CC4)CC3)ncc2C(N)=O)C[C@H]1O. The van der Waals surface area contributed by atoms with Crippen molar-refractivity contribution >= 4 is 17.7 Å². The number of amides is 1. The molecule has 0 spiro atoms. The average molecular weight is 345 g/mol. The van der Waals surface area contributed by atoms with Crippen LogP contribution in [0.15, 0.2) is 6.20 Å². The van der Waals surface area contributed by atoms with E-state index in [0.29, 0.717) is 29.7 Å². The lowest BCUT2D eigenvalue weighted by atomic mass is 9.85. The number of anilines is 2. The second kappa shape index (κ2) is 6.12. The molecule has 0 bridgehead atoms. The minimum atomic E-state index is -0.540. The Kier molecular flexibility index (Phi) is 4.06. The van der Waals surface area contributed by atoms with E-state index >= 15 is 0 Å². The zero-order valence-corrected chi connectivity index (χ0v) is 14.7. The summed E-state index contributed by atoms with van der Waals surface area (Å²) in [7, 11) is 0. The summed E-state index contributed by atoms with van der Waals surface area (Å²) in [6.45, 7) is 2.06. The van der Waals surface area contributed by atoms with Crippen molar-refractivity contribution in [2.24, 2.45) is 17.6 Å². The predicted molar refractivity (Wildman–Crippen MR) is 95.3 cm³/mol. The van der Waals surface area contributed by atoms with Crippen LogP contribution in [0.3, 0.4) is 0 Å². The molecule has 3 atom stereocenters. The largest absolute Gasteiger partial charge is 0.393 e. The standard InChI is InChI=1S/C18H27N5O2/c1-10-2-5-12(8-14(10)24)21-16-13(15(19)25)9-20-17(22-16)23-18(6-7-18)11-3-4-11/h9-12,14,24H,2-8H2,1H3,(H2,19,25)(H2,20,21,22,23)/t10-,12?,14-/m1/s1. The Labute approximate surface area is 147 Å². The summed E-state index contributed by atoms with van der Waals surface area (Å²) in [5.41, 5.74) is 5.96. The summed E-state index contributed by atoms with van der Waals surface area (Å²) >= 11 is 0. The lowest BCUT2D eigenvalue weighted by Gasteiger charge is -2.32. The fourth-order valence-corrected chi connectivity index (χ4v) is 3.98. The quantitative estimate of drug-likeness (QED) is 0.626. The number of aliphatic hydroxyl groups is 1. The molecule has 3 saturated carbocycles. The van der Waals surface area contributed by atoms with Gasteiger partial charge in [0.1, 0.15) is 5.82 Å². The molecule has 0 saturated heterocycles. The summed E-state index contributed by atoms with van der Waals surface area (Å²) in [5, 5.41) is 16.9. The van der Waals surface area contributed by atoms with Gasteiger partial charge in [0, 0.05) is 17.8 Å². The molecule has 1 heterocycles. The molecular weight excluding hydrogens is 318 g/mol. The zero-order valence-electron chi connectivity index (χ0n) is 14.7. The van der Waals surface area contributed by atoms with Crippen LogP contribution in [0.2, 0.25) is 0 Å². The van der Waals surface area contributed by atoms with Gasteiger partial charge in [0.15, 0.2) is 0 Å². The van der Waals surface area contributed by atoms with Crippen molar-refractivity contribution in [1.82, 2.24) is 9.97 Å². The molecule has 7 nitrogen and oxygen atoms in total. The topological polar surface area (TPSA) is 113 Å². The number of carbonyl (C=O) groups excluding carboxylic acids is 1. The molecule has 0 aliphatic heterocycles. The smallest absolute Gasteiger partial charge is 0.254 e. The van der Waals surface area contributed by atoms with Crippen molar-refractivity contribution in [1.29, 1.82) is 0 Å². The van der Waals surface area contributed by atoms with E-state index in [1.54, 1.807) is 0 Å². The van der Waals surface area contributed by atoms with E-state index in [0.717, 1.165) is 31.6 Å². The van der Waals surface area contributed by atoms with Crippen LogP contribution in [0, 0.1) is 11.8 Å². The van der Waals surface area contributed by atoms with Gasteiger partial charge in [0.25, 0.3) is 5.91 Å². The molecule has 5 N–H and O–H groups in total. The summed E-state index contributed by atoms with van der Waals surface area (Å²) in [6.07, 6.45) is 8.59. The highest BCUT2D eigenvalue weighted by Crippen LogP contribution is 2.55. The Morgan fingerprint density at radius 3 is 2.68 bits per heavy atom. The maximum absolute atomic E-state index is 11.7. The van der Waals surface area contributed by atoms with Gasteiger partial charge in [-0.15, -0.1) is 0 Å². The molecule has 0 radical (unpaired) electrons. The third kappa shape index (κ3) is 3.42. The van der Waals surface area contributed by atoms with E-state index in [1.165, 1.54) is 19.0 Å². The fraction of sp³-hybridized carbons (Fsp3) is 0.722. The Morgan fingerprint density at radius 1 is 1.32 bits per heavy atom. The first kappa shape index (κ1) is 16.6. The highest BCUT2D eigenvalue weighted by atomic mass is 16.3. The minimum absolute atomic E-state index is 0.0883. The number of aliphatic hydroxyl groups excluding tert-OH is 1. The summed E-state index contributed by atoms with van der Waals surface area (Å²) in [6, 6.07) is 0.0883. The molecule has 7 heteroatoms. The van der Waals surface area contributed by atoms with Gasteiger partial charge in [0.2, 0.25) is 5.95 Å². The van der Waals surface area contributed by atoms with Crippen LogP contribution in [0.1, 0.15) is 62.2 Å². The van der Waals surface area contributed by atoms with E-state index < -0.39 is 5.91 Å². The van der Waals surface area contributed by atoms with Crippen molar-refractivity contribution in [3.05, 3.63) is 11.8 Å². The van der Waals surface area contributed by atoms with Crippen molar-refractivity contribution in [3.8, 4) is 0 Å². The Bertz CT molecular complexity index is 671. The number of nitrogens with one attached hydrogen (secondary N) is 2. The second-order valence-corrected chi connectivity index (χ2v) is 8.07. The van der Waals surface area contributed by atoms with Gasteiger partial charge in [0.05, 0.1) is 11.7 Å². The van der Waals surface area contributed by atoms with Crippen LogP contribution in [-0.2, 0) is 0 Å². The van der Waals surface area contributed by atoms with E-state index in [-0.39, 0.29) is 17.7 Å². The molecule has 1 unspecified atom stereocenters. The molecule has 1 aromatic rings. The predicted octanol–water partition coefficient (Wildman–Crippen LogP) is 1.89. The normalized spacial score (nSPS) is 30.6. The van der Waals surface area contributed by atoms with Gasteiger partial charge < -0.3 is 21.5 Å². The monoisotopic (exact) mass is 345 g/mol.